The minimum Gasteiger partial charge on any atom is -0.497 e. The van der Waals surface area contributed by atoms with Crippen molar-refractivity contribution >= 4 is 5.91 Å². The molecule has 1 unspecified atom stereocenters. The van der Waals surface area contributed by atoms with Gasteiger partial charge in [-0.2, -0.15) is 0 Å². The van der Waals surface area contributed by atoms with Crippen molar-refractivity contribution in [3.05, 3.63) is 65.2 Å². The molecule has 4 nitrogen and oxygen atoms in total. The van der Waals surface area contributed by atoms with Gasteiger partial charge in [0.1, 0.15) is 5.75 Å². The van der Waals surface area contributed by atoms with Crippen LogP contribution < -0.4 is 4.74 Å². The first-order chi connectivity index (χ1) is 10.2. The van der Waals surface area contributed by atoms with Gasteiger partial charge in [0.25, 0.3) is 5.91 Å². The Hall–Kier alpha value is -2.33. The van der Waals surface area contributed by atoms with Gasteiger partial charge >= 0.3 is 0 Å². The first kappa shape index (κ1) is 13.6. The molecule has 108 valence electrons. The SMILES string of the molecule is COc1ccc(CN2C(=O)c3ccccc3C2CO)cc1. The smallest absolute Gasteiger partial charge is 0.255 e. The fourth-order valence-electron chi connectivity index (χ4n) is 2.75. The van der Waals surface area contributed by atoms with Crippen LogP contribution in [0.25, 0.3) is 0 Å². The maximum absolute atomic E-state index is 12.5. The average Bonchev–Trinajstić information content (AvgIpc) is 2.80. The van der Waals surface area contributed by atoms with Crippen LogP contribution in [0.2, 0.25) is 0 Å². The molecule has 3 rings (SSSR count). The third-order valence-corrected chi connectivity index (χ3v) is 3.87. The second-order valence-corrected chi connectivity index (χ2v) is 5.07. The molecular formula is C17H17NO3. The molecule has 0 aliphatic carbocycles. The van der Waals surface area contributed by atoms with Crippen LogP contribution in [0, 0.1) is 0 Å². The number of hydrogen-bond donors (Lipinski definition) is 1. The highest BCUT2D eigenvalue weighted by molar-refractivity contribution is 5.99. The summed E-state index contributed by atoms with van der Waals surface area (Å²) in [5.41, 5.74) is 2.60. The standard InChI is InChI=1S/C17H17NO3/c1-21-13-8-6-12(7-9-13)10-18-16(11-19)14-4-2-3-5-15(14)17(18)20/h2-9,16,19H,10-11H2,1H3. The van der Waals surface area contributed by atoms with Gasteiger partial charge in [-0.15, -0.1) is 0 Å². The Morgan fingerprint density at radius 2 is 1.86 bits per heavy atom. The lowest BCUT2D eigenvalue weighted by Gasteiger charge is -2.23. The molecule has 2 aromatic carbocycles. The van der Waals surface area contributed by atoms with Crippen molar-refractivity contribution in [2.24, 2.45) is 0 Å². The quantitative estimate of drug-likeness (QED) is 0.937. The highest BCUT2D eigenvalue weighted by Gasteiger charge is 2.35. The van der Waals surface area contributed by atoms with Crippen molar-refractivity contribution in [3.63, 3.8) is 0 Å². The highest BCUT2D eigenvalue weighted by Crippen LogP contribution is 2.34. The first-order valence-electron chi connectivity index (χ1n) is 6.88. The van der Waals surface area contributed by atoms with Crippen molar-refractivity contribution in [1.82, 2.24) is 4.90 Å². The van der Waals surface area contributed by atoms with E-state index in [1.807, 2.05) is 48.5 Å². The lowest BCUT2D eigenvalue weighted by molar-refractivity contribution is 0.0635. The molecule has 0 bridgehead atoms. The zero-order valence-electron chi connectivity index (χ0n) is 11.8. The molecule has 0 saturated carbocycles. The van der Waals surface area contributed by atoms with Crippen molar-refractivity contribution in [2.75, 3.05) is 13.7 Å². The number of methoxy groups -OCH3 is 1. The Bertz CT molecular complexity index is 651. The number of hydrogen-bond acceptors (Lipinski definition) is 3. The van der Waals surface area contributed by atoms with Crippen molar-refractivity contribution < 1.29 is 14.6 Å². The van der Waals surface area contributed by atoms with E-state index in [1.165, 1.54) is 0 Å². The molecule has 1 aliphatic rings. The highest BCUT2D eigenvalue weighted by atomic mass is 16.5. The van der Waals surface area contributed by atoms with Crippen LogP contribution in [-0.2, 0) is 6.54 Å². The van der Waals surface area contributed by atoms with E-state index in [9.17, 15) is 9.90 Å². The van der Waals surface area contributed by atoms with Gasteiger partial charge in [-0.05, 0) is 29.3 Å². The van der Waals surface area contributed by atoms with Gasteiger partial charge < -0.3 is 14.7 Å². The maximum atomic E-state index is 12.5. The number of rotatable bonds is 4. The number of fused-ring (bicyclic) bond motifs is 1. The van der Waals surface area contributed by atoms with E-state index in [-0.39, 0.29) is 18.6 Å². The Balaban J connectivity index is 1.87. The molecule has 1 atom stereocenters. The fourth-order valence-corrected chi connectivity index (χ4v) is 2.75. The van der Waals surface area contributed by atoms with Gasteiger partial charge in [0.15, 0.2) is 0 Å². The average molecular weight is 283 g/mol. The number of aliphatic hydroxyl groups excluding tert-OH is 1. The van der Waals surface area contributed by atoms with Gasteiger partial charge in [0.05, 0.1) is 19.8 Å². The van der Waals surface area contributed by atoms with Crippen molar-refractivity contribution in [1.29, 1.82) is 0 Å². The predicted molar refractivity (Wildman–Crippen MR) is 79.1 cm³/mol. The molecule has 4 heteroatoms. The van der Waals surface area contributed by atoms with E-state index < -0.39 is 0 Å². The van der Waals surface area contributed by atoms with E-state index in [1.54, 1.807) is 12.0 Å². The van der Waals surface area contributed by atoms with E-state index in [4.69, 9.17) is 4.74 Å². The van der Waals surface area contributed by atoms with E-state index in [0.717, 1.165) is 16.9 Å². The summed E-state index contributed by atoms with van der Waals surface area (Å²) >= 11 is 0. The van der Waals surface area contributed by atoms with E-state index in [0.29, 0.717) is 12.1 Å². The summed E-state index contributed by atoms with van der Waals surface area (Å²) in [6.45, 7) is 0.404. The summed E-state index contributed by atoms with van der Waals surface area (Å²) in [7, 11) is 1.62. The fraction of sp³-hybridized carbons (Fsp3) is 0.235. The van der Waals surface area contributed by atoms with Crippen LogP contribution in [0.1, 0.15) is 27.5 Å². The molecule has 21 heavy (non-hydrogen) atoms. The Morgan fingerprint density at radius 1 is 1.14 bits per heavy atom. The van der Waals surface area contributed by atoms with E-state index >= 15 is 0 Å². The topological polar surface area (TPSA) is 49.8 Å². The summed E-state index contributed by atoms with van der Waals surface area (Å²) in [4.78, 5) is 14.2. The first-order valence-corrected chi connectivity index (χ1v) is 6.88. The van der Waals surface area contributed by atoms with Crippen LogP contribution in [0.5, 0.6) is 5.75 Å². The normalized spacial score (nSPS) is 17.0. The number of carbonyl (C=O) groups is 1. The molecule has 0 spiro atoms. The molecular weight excluding hydrogens is 266 g/mol. The number of benzene rings is 2. The van der Waals surface area contributed by atoms with Gasteiger partial charge in [-0.1, -0.05) is 30.3 Å². The molecule has 0 aromatic heterocycles. The van der Waals surface area contributed by atoms with E-state index in [2.05, 4.69) is 0 Å². The molecule has 1 aliphatic heterocycles. The third kappa shape index (κ3) is 2.38. The maximum Gasteiger partial charge on any atom is 0.255 e. The zero-order valence-corrected chi connectivity index (χ0v) is 11.8. The molecule has 0 fully saturated rings. The molecule has 0 radical (unpaired) electrons. The summed E-state index contributed by atoms with van der Waals surface area (Å²) < 4.78 is 5.13. The Morgan fingerprint density at radius 3 is 2.52 bits per heavy atom. The van der Waals surface area contributed by atoms with Gasteiger partial charge in [-0.3, -0.25) is 4.79 Å². The van der Waals surface area contributed by atoms with Crippen LogP contribution in [0.3, 0.4) is 0 Å². The number of amides is 1. The number of nitrogens with zero attached hydrogens (tertiary/aromatic N) is 1. The van der Waals surface area contributed by atoms with Crippen molar-refractivity contribution in [2.45, 2.75) is 12.6 Å². The molecule has 1 N–H and O–H groups in total. The molecule has 2 aromatic rings. The third-order valence-electron chi connectivity index (χ3n) is 3.87. The lowest BCUT2D eigenvalue weighted by atomic mass is 10.1. The predicted octanol–water partition coefficient (Wildman–Crippen LogP) is 2.38. The van der Waals surface area contributed by atoms with Gasteiger partial charge in [0.2, 0.25) is 0 Å². The molecule has 0 saturated heterocycles. The second kappa shape index (κ2) is 5.58. The van der Waals surface area contributed by atoms with Crippen molar-refractivity contribution in [3.8, 4) is 5.75 Å². The molecule has 1 heterocycles. The van der Waals surface area contributed by atoms with Crippen LogP contribution in [0.4, 0.5) is 0 Å². The van der Waals surface area contributed by atoms with Gasteiger partial charge in [0, 0.05) is 12.1 Å². The summed E-state index contributed by atoms with van der Waals surface area (Å²) in [5, 5.41) is 9.65. The minimum atomic E-state index is -0.268. The van der Waals surface area contributed by atoms with Gasteiger partial charge in [-0.25, -0.2) is 0 Å². The Labute approximate surface area is 123 Å². The molecule has 1 amide bonds. The number of aliphatic hydroxyl groups is 1. The van der Waals surface area contributed by atoms with Crippen LogP contribution in [-0.4, -0.2) is 29.6 Å². The van der Waals surface area contributed by atoms with Crippen LogP contribution >= 0.6 is 0 Å². The number of ether oxygens (including phenoxy) is 1. The Kier molecular flexibility index (Phi) is 3.62. The largest absolute Gasteiger partial charge is 0.497 e. The van der Waals surface area contributed by atoms with Crippen LogP contribution in [0.15, 0.2) is 48.5 Å². The monoisotopic (exact) mass is 283 g/mol. The zero-order chi connectivity index (χ0) is 14.8. The summed E-state index contributed by atoms with van der Waals surface area (Å²) in [5.74, 6) is 0.758. The minimum absolute atomic E-state index is 0.0273. The second-order valence-electron chi connectivity index (χ2n) is 5.07. The summed E-state index contributed by atoms with van der Waals surface area (Å²) in [6, 6.07) is 14.8. The summed E-state index contributed by atoms with van der Waals surface area (Å²) in [6.07, 6.45) is 0. The number of carbonyl (C=O) groups excluding carboxylic acids is 1. The lowest BCUT2D eigenvalue weighted by Crippen LogP contribution is -2.29.